The quantitative estimate of drug-likeness (QED) is 0.769. The zero-order valence-corrected chi connectivity index (χ0v) is 10.9. The molecule has 0 spiro atoms. The van der Waals surface area contributed by atoms with Crippen LogP contribution in [0.2, 0.25) is 0 Å². The van der Waals surface area contributed by atoms with E-state index in [9.17, 15) is 4.91 Å². The number of rotatable bonds is 5. The van der Waals surface area contributed by atoms with Gasteiger partial charge in [-0.05, 0) is 12.1 Å². The van der Waals surface area contributed by atoms with E-state index in [0.29, 0.717) is 11.5 Å². The Morgan fingerprint density at radius 2 is 1.26 bits per heavy atom. The van der Waals surface area contributed by atoms with Crippen molar-refractivity contribution in [2.75, 3.05) is 14.2 Å². The molecule has 0 atom stereocenters. The van der Waals surface area contributed by atoms with Crippen LogP contribution in [-0.2, 0) is 0 Å². The van der Waals surface area contributed by atoms with E-state index in [1.165, 1.54) is 0 Å². The van der Waals surface area contributed by atoms with Crippen molar-refractivity contribution in [3.8, 4) is 11.5 Å². The van der Waals surface area contributed by atoms with Gasteiger partial charge in [-0.3, -0.25) is 0 Å². The molecule has 98 valence electrons. The largest absolute Gasteiger partial charge is 0.496 e. The van der Waals surface area contributed by atoms with Gasteiger partial charge in [-0.1, -0.05) is 41.6 Å². The molecule has 2 aromatic rings. The zero-order valence-electron chi connectivity index (χ0n) is 10.9. The molecule has 0 fully saturated rings. The van der Waals surface area contributed by atoms with Crippen LogP contribution in [0.5, 0.6) is 11.5 Å². The van der Waals surface area contributed by atoms with Crippen molar-refractivity contribution in [1.29, 1.82) is 0 Å². The van der Waals surface area contributed by atoms with Gasteiger partial charge in [0.25, 0.3) is 0 Å². The fraction of sp³-hybridized carbons (Fsp3) is 0.200. The smallest absolute Gasteiger partial charge is 0.149 e. The van der Waals surface area contributed by atoms with Gasteiger partial charge < -0.3 is 9.47 Å². The van der Waals surface area contributed by atoms with Gasteiger partial charge in [-0.2, -0.15) is 0 Å². The van der Waals surface area contributed by atoms with Gasteiger partial charge in [0, 0.05) is 11.1 Å². The Morgan fingerprint density at radius 1 is 0.842 bits per heavy atom. The Morgan fingerprint density at radius 3 is 1.63 bits per heavy atom. The van der Waals surface area contributed by atoms with Crippen molar-refractivity contribution in [3.63, 3.8) is 0 Å². The number of ether oxygens (including phenoxy) is 2. The SMILES string of the molecule is COc1ccccc1C(N=O)c1ccccc1OC. The average Bonchev–Trinajstić information content (AvgIpc) is 2.49. The highest BCUT2D eigenvalue weighted by Gasteiger charge is 2.21. The predicted molar refractivity (Wildman–Crippen MR) is 73.6 cm³/mol. The van der Waals surface area contributed by atoms with E-state index < -0.39 is 6.04 Å². The molecule has 0 bridgehead atoms. The maximum atomic E-state index is 11.3. The number of nitroso groups, excluding NO2 is 1. The number of benzene rings is 2. The van der Waals surface area contributed by atoms with Gasteiger partial charge in [-0.25, -0.2) is 0 Å². The molecule has 4 nitrogen and oxygen atoms in total. The summed E-state index contributed by atoms with van der Waals surface area (Å²) in [6.45, 7) is 0. The van der Waals surface area contributed by atoms with Gasteiger partial charge in [0.2, 0.25) is 0 Å². The molecule has 0 heterocycles. The Hall–Kier alpha value is -2.36. The van der Waals surface area contributed by atoms with Crippen LogP contribution in [0.15, 0.2) is 53.7 Å². The van der Waals surface area contributed by atoms with Crippen molar-refractivity contribution >= 4 is 0 Å². The van der Waals surface area contributed by atoms with Crippen LogP contribution in [0.1, 0.15) is 17.2 Å². The van der Waals surface area contributed by atoms with Gasteiger partial charge in [0.15, 0.2) is 0 Å². The highest BCUT2D eigenvalue weighted by molar-refractivity contribution is 5.46. The van der Waals surface area contributed by atoms with Crippen molar-refractivity contribution < 1.29 is 9.47 Å². The van der Waals surface area contributed by atoms with Gasteiger partial charge in [-0.15, -0.1) is 4.91 Å². The average molecular weight is 257 g/mol. The molecule has 19 heavy (non-hydrogen) atoms. The number of hydrogen-bond acceptors (Lipinski definition) is 4. The molecule has 0 amide bonds. The first-order chi connectivity index (χ1) is 9.31. The number of hydrogen-bond donors (Lipinski definition) is 0. The molecule has 0 aromatic heterocycles. The van der Waals surface area contributed by atoms with Gasteiger partial charge in [0.05, 0.1) is 14.2 Å². The Kier molecular flexibility index (Phi) is 4.13. The molecule has 0 saturated carbocycles. The summed E-state index contributed by atoms with van der Waals surface area (Å²) in [6.07, 6.45) is 0. The molecule has 0 radical (unpaired) electrons. The summed E-state index contributed by atoms with van der Waals surface area (Å²) in [4.78, 5) is 11.3. The Balaban J connectivity index is 2.53. The minimum absolute atomic E-state index is 0.637. The first-order valence-electron chi connectivity index (χ1n) is 5.90. The van der Waals surface area contributed by atoms with E-state index in [0.717, 1.165) is 11.1 Å². The summed E-state index contributed by atoms with van der Waals surface area (Å²) in [5, 5.41) is 3.24. The molecule has 0 aliphatic heterocycles. The van der Waals surface area contributed by atoms with Crippen molar-refractivity contribution in [3.05, 3.63) is 64.6 Å². The van der Waals surface area contributed by atoms with Crippen LogP contribution in [-0.4, -0.2) is 14.2 Å². The fourth-order valence-electron chi connectivity index (χ4n) is 2.07. The highest BCUT2D eigenvalue weighted by atomic mass is 16.5. The lowest BCUT2D eigenvalue weighted by Crippen LogP contribution is -2.02. The summed E-state index contributed by atoms with van der Waals surface area (Å²) >= 11 is 0. The number of methoxy groups -OCH3 is 2. The van der Waals surface area contributed by atoms with Crippen molar-refractivity contribution in [2.45, 2.75) is 6.04 Å². The second-order valence-corrected chi connectivity index (χ2v) is 3.99. The van der Waals surface area contributed by atoms with Crippen LogP contribution in [0.25, 0.3) is 0 Å². The number of para-hydroxylation sites is 2. The van der Waals surface area contributed by atoms with Crippen LogP contribution >= 0.6 is 0 Å². The first-order valence-corrected chi connectivity index (χ1v) is 5.90. The van der Waals surface area contributed by atoms with Crippen LogP contribution < -0.4 is 9.47 Å². The third-order valence-electron chi connectivity index (χ3n) is 2.97. The zero-order chi connectivity index (χ0) is 13.7. The van der Waals surface area contributed by atoms with Gasteiger partial charge >= 0.3 is 0 Å². The standard InChI is InChI=1S/C15H15NO3/c1-18-13-9-5-3-7-11(13)15(16-17)12-8-4-6-10-14(12)19-2/h3-10,15H,1-2H3. The third-order valence-corrected chi connectivity index (χ3v) is 2.97. The molecule has 0 aliphatic rings. The molecular formula is C15H15NO3. The van der Waals surface area contributed by atoms with E-state index in [1.54, 1.807) is 14.2 Å². The van der Waals surface area contributed by atoms with Gasteiger partial charge in [0.1, 0.15) is 17.5 Å². The Bertz CT molecular complexity index is 521. The molecule has 2 aromatic carbocycles. The molecule has 0 N–H and O–H groups in total. The lowest BCUT2D eigenvalue weighted by Gasteiger charge is -2.16. The molecular weight excluding hydrogens is 242 g/mol. The lowest BCUT2D eigenvalue weighted by molar-refractivity contribution is 0.400. The molecule has 2 rings (SSSR count). The second kappa shape index (κ2) is 6.00. The van der Waals surface area contributed by atoms with E-state index in [4.69, 9.17) is 9.47 Å². The third kappa shape index (κ3) is 2.57. The normalized spacial score (nSPS) is 10.3. The molecule has 0 saturated heterocycles. The van der Waals surface area contributed by atoms with Crippen LogP contribution in [0, 0.1) is 4.91 Å². The van der Waals surface area contributed by atoms with E-state index in [2.05, 4.69) is 5.18 Å². The second-order valence-electron chi connectivity index (χ2n) is 3.99. The first kappa shape index (κ1) is 13.1. The van der Waals surface area contributed by atoms with E-state index in [-0.39, 0.29) is 0 Å². The summed E-state index contributed by atoms with van der Waals surface area (Å²) in [5.74, 6) is 1.27. The molecule has 0 unspecified atom stereocenters. The maximum absolute atomic E-state index is 11.3. The van der Waals surface area contributed by atoms with Crippen molar-refractivity contribution in [2.24, 2.45) is 5.18 Å². The van der Waals surface area contributed by atoms with Crippen molar-refractivity contribution in [1.82, 2.24) is 0 Å². The Labute approximate surface area is 112 Å². The van der Waals surface area contributed by atoms with Crippen LogP contribution in [0.4, 0.5) is 0 Å². The minimum atomic E-state index is -0.646. The molecule has 4 heteroatoms. The minimum Gasteiger partial charge on any atom is -0.496 e. The molecule has 0 aliphatic carbocycles. The topological polar surface area (TPSA) is 47.9 Å². The summed E-state index contributed by atoms with van der Waals surface area (Å²) in [7, 11) is 3.14. The fourth-order valence-corrected chi connectivity index (χ4v) is 2.07. The van der Waals surface area contributed by atoms with E-state index >= 15 is 0 Å². The monoisotopic (exact) mass is 257 g/mol. The van der Waals surface area contributed by atoms with Crippen LogP contribution in [0.3, 0.4) is 0 Å². The van der Waals surface area contributed by atoms with E-state index in [1.807, 2.05) is 48.5 Å². The predicted octanol–water partition coefficient (Wildman–Crippen LogP) is 3.56. The summed E-state index contributed by atoms with van der Waals surface area (Å²) in [6, 6.07) is 14.0. The highest BCUT2D eigenvalue weighted by Crippen LogP contribution is 2.36. The lowest BCUT2D eigenvalue weighted by atomic mass is 9.98. The number of nitrogens with zero attached hydrogens (tertiary/aromatic N) is 1. The summed E-state index contributed by atoms with van der Waals surface area (Å²) in [5.41, 5.74) is 1.45. The maximum Gasteiger partial charge on any atom is 0.149 e. The summed E-state index contributed by atoms with van der Waals surface area (Å²) < 4.78 is 10.6.